The Morgan fingerprint density at radius 3 is 2.55 bits per heavy atom. The highest BCUT2D eigenvalue weighted by Gasteiger charge is 2.27. The Balaban J connectivity index is 2.09. The Kier molecular flexibility index (Phi) is 6.31. The number of amides is 1. The van der Waals surface area contributed by atoms with Gasteiger partial charge >= 0.3 is 5.97 Å². The number of rotatable bonds is 6. The second kappa shape index (κ2) is 8.77. The molecule has 0 aliphatic carbocycles. The molecule has 0 saturated carbocycles. The average Bonchev–Trinajstić information content (AvgIpc) is 2.99. The van der Waals surface area contributed by atoms with Crippen LogP contribution < -0.4 is 5.32 Å². The summed E-state index contributed by atoms with van der Waals surface area (Å²) in [5.74, 6) is -3.49. The van der Waals surface area contributed by atoms with Gasteiger partial charge in [0, 0.05) is 23.2 Å². The number of benzene rings is 2. The Bertz CT molecular complexity index is 1200. The summed E-state index contributed by atoms with van der Waals surface area (Å²) < 4.78 is 15.3. The van der Waals surface area contributed by atoms with Crippen molar-refractivity contribution in [3.05, 3.63) is 64.1 Å². The fraction of sp³-hybridized carbons (Fsp3) is 0.227. The van der Waals surface area contributed by atoms with Gasteiger partial charge in [-0.15, -0.1) is 0 Å². The minimum atomic E-state index is -1.04. The number of carboxylic acids is 1. The highest BCUT2D eigenvalue weighted by Crippen LogP contribution is 2.35. The van der Waals surface area contributed by atoms with E-state index in [2.05, 4.69) is 5.32 Å². The van der Waals surface area contributed by atoms with Crippen molar-refractivity contribution in [1.82, 2.24) is 9.88 Å². The summed E-state index contributed by atoms with van der Waals surface area (Å²) in [6, 6.07) is 8.14. The van der Waals surface area contributed by atoms with E-state index in [0.29, 0.717) is 22.2 Å². The van der Waals surface area contributed by atoms with Crippen molar-refractivity contribution in [2.45, 2.75) is 26.2 Å². The summed E-state index contributed by atoms with van der Waals surface area (Å²) in [7, 11) is 0. The van der Waals surface area contributed by atoms with Crippen LogP contribution in [0.3, 0.4) is 0 Å². The van der Waals surface area contributed by atoms with E-state index in [1.54, 1.807) is 19.9 Å². The van der Waals surface area contributed by atoms with E-state index in [1.165, 1.54) is 28.8 Å². The number of aromatic hydroxyl groups is 1. The summed E-state index contributed by atoms with van der Waals surface area (Å²) in [5.41, 5.74) is 1.46. The molecule has 3 aromatic rings. The first-order chi connectivity index (χ1) is 14.6. The van der Waals surface area contributed by atoms with Gasteiger partial charge in [-0.05, 0) is 55.8 Å². The second-order valence-electron chi connectivity index (χ2n) is 7.13. The zero-order chi connectivity index (χ0) is 22.9. The third-order valence-electron chi connectivity index (χ3n) is 5.07. The van der Waals surface area contributed by atoms with Gasteiger partial charge in [-0.1, -0.05) is 11.6 Å². The molecule has 0 saturated heterocycles. The number of phenolic OH excluding ortho intramolecular Hbond substituents is 1. The second-order valence-corrected chi connectivity index (χ2v) is 7.53. The molecule has 9 heteroatoms. The molecule has 3 N–H and O–H groups in total. The Morgan fingerprint density at radius 1 is 1.19 bits per heavy atom. The molecule has 1 aromatic heterocycles. The third-order valence-corrected chi connectivity index (χ3v) is 5.38. The number of carbonyl (C=O) groups is 3. The largest absolute Gasteiger partial charge is 0.508 e. The van der Waals surface area contributed by atoms with E-state index in [1.807, 2.05) is 0 Å². The van der Waals surface area contributed by atoms with Gasteiger partial charge in [-0.2, -0.15) is 0 Å². The van der Waals surface area contributed by atoms with E-state index < -0.39 is 29.5 Å². The summed E-state index contributed by atoms with van der Waals surface area (Å²) in [5, 5.41) is 21.7. The van der Waals surface area contributed by atoms with Crippen LogP contribution in [0.25, 0.3) is 10.9 Å². The minimum Gasteiger partial charge on any atom is -0.508 e. The number of carbonyl (C=O) groups excluding carboxylic acids is 2. The van der Waals surface area contributed by atoms with Crippen LogP contribution in [0.2, 0.25) is 5.02 Å². The number of nitrogens with one attached hydrogen (secondary N) is 1. The fourth-order valence-corrected chi connectivity index (χ4v) is 3.69. The molecular weight excluding hydrogens is 427 g/mol. The predicted molar refractivity (Wildman–Crippen MR) is 113 cm³/mol. The van der Waals surface area contributed by atoms with Crippen LogP contribution in [0.4, 0.5) is 4.39 Å². The van der Waals surface area contributed by atoms with Crippen LogP contribution in [0.5, 0.6) is 5.75 Å². The number of aromatic nitrogens is 1. The number of halogens is 2. The van der Waals surface area contributed by atoms with E-state index in [0.717, 1.165) is 6.07 Å². The number of nitrogens with zero attached hydrogens (tertiary/aromatic N) is 1. The maximum atomic E-state index is 13.9. The van der Waals surface area contributed by atoms with Crippen LogP contribution >= 0.6 is 11.6 Å². The van der Waals surface area contributed by atoms with Crippen molar-refractivity contribution in [1.29, 1.82) is 0 Å². The molecule has 1 unspecified atom stereocenters. The standard InChI is InChI=1S/C22H20ClFN2O5/c1-11(21(30)25-8-7-19(28)29)20-12(2)26(18-6-4-14(27)10-15(18)20)22(31)13-3-5-16(23)17(24)9-13/h3-6,9-11,27H,7-8H2,1-2H3,(H,25,30)(H,28,29). The lowest BCUT2D eigenvalue weighted by atomic mass is 9.97. The maximum Gasteiger partial charge on any atom is 0.305 e. The van der Waals surface area contributed by atoms with E-state index in [4.69, 9.17) is 16.7 Å². The highest BCUT2D eigenvalue weighted by molar-refractivity contribution is 6.30. The average molecular weight is 447 g/mol. The van der Waals surface area contributed by atoms with Gasteiger partial charge in [0.15, 0.2) is 0 Å². The summed E-state index contributed by atoms with van der Waals surface area (Å²) in [6.07, 6.45) is -0.222. The first-order valence-corrected chi connectivity index (χ1v) is 9.82. The van der Waals surface area contributed by atoms with E-state index >= 15 is 0 Å². The van der Waals surface area contributed by atoms with Crippen molar-refractivity contribution in [2.24, 2.45) is 0 Å². The molecule has 1 atom stereocenters. The molecular formula is C22H20ClFN2O5. The molecule has 1 amide bonds. The molecule has 31 heavy (non-hydrogen) atoms. The number of fused-ring (bicyclic) bond motifs is 1. The van der Waals surface area contributed by atoms with Crippen LogP contribution in [0.1, 0.15) is 40.9 Å². The lowest BCUT2D eigenvalue weighted by Crippen LogP contribution is -2.30. The monoisotopic (exact) mass is 446 g/mol. The number of aliphatic carboxylic acids is 1. The highest BCUT2D eigenvalue weighted by atomic mass is 35.5. The molecule has 0 aliphatic heterocycles. The van der Waals surface area contributed by atoms with Gasteiger partial charge in [-0.25, -0.2) is 4.39 Å². The Morgan fingerprint density at radius 2 is 1.90 bits per heavy atom. The normalized spacial score (nSPS) is 12.0. The van der Waals surface area contributed by atoms with Crippen LogP contribution in [-0.2, 0) is 9.59 Å². The van der Waals surface area contributed by atoms with Gasteiger partial charge in [0.25, 0.3) is 5.91 Å². The zero-order valence-corrected chi connectivity index (χ0v) is 17.5. The Hall–Kier alpha value is -3.39. The molecule has 0 spiro atoms. The van der Waals surface area contributed by atoms with Gasteiger partial charge in [-0.3, -0.25) is 19.0 Å². The molecule has 1 heterocycles. The van der Waals surface area contributed by atoms with Crippen molar-refractivity contribution >= 4 is 40.3 Å². The van der Waals surface area contributed by atoms with E-state index in [9.17, 15) is 23.9 Å². The van der Waals surface area contributed by atoms with Gasteiger partial charge in [0.05, 0.1) is 22.9 Å². The third kappa shape index (κ3) is 4.39. The predicted octanol–water partition coefficient (Wildman–Crippen LogP) is 3.83. The van der Waals surface area contributed by atoms with Gasteiger partial charge < -0.3 is 15.5 Å². The lowest BCUT2D eigenvalue weighted by molar-refractivity contribution is -0.136. The summed E-state index contributed by atoms with van der Waals surface area (Å²) in [4.78, 5) is 36.5. The van der Waals surface area contributed by atoms with Crippen molar-refractivity contribution in [3.63, 3.8) is 0 Å². The first-order valence-electron chi connectivity index (χ1n) is 9.45. The summed E-state index contributed by atoms with van der Waals surface area (Å²) in [6.45, 7) is 3.24. The number of phenols is 1. The molecule has 7 nitrogen and oxygen atoms in total. The van der Waals surface area contributed by atoms with Crippen LogP contribution in [-0.4, -0.2) is 39.1 Å². The van der Waals surface area contributed by atoms with Crippen molar-refractivity contribution < 1.29 is 29.0 Å². The lowest BCUT2D eigenvalue weighted by Gasteiger charge is -2.13. The molecule has 162 valence electrons. The zero-order valence-electron chi connectivity index (χ0n) is 16.8. The number of hydrogen-bond acceptors (Lipinski definition) is 4. The van der Waals surface area contributed by atoms with Crippen LogP contribution in [0, 0.1) is 12.7 Å². The molecule has 3 rings (SSSR count). The molecule has 0 radical (unpaired) electrons. The first kappa shape index (κ1) is 22.3. The fourth-order valence-electron chi connectivity index (χ4n) is 3.57. The minimum absolute atomic E-state index is 0.0373. The molecule has 2 aromatic carbocycles. The van der Waals surface area contributed by atoms with Crippen LogP contribution in [0.15, 0.2) is 36.4 Å². The molecule has 0 aliphatic rings. The van der Waals surface area contributed by atoms with Crippen molar-refractivity contribution in [2.75, 3.05) is 6.54 Å². The van der Waals surface area contributed by atoms with E-state index in [-0.39, 0.29) is 29.3 Å². The van der Waals surface area contributed by atoms with Crippen molar-refractivity contribution in [3.8, 4) is 5.75 Å². The van der Waals surface area contributed by atoms with Gasteiger partial charge in [0.2, 0.25) is 5.91 Å². The quantitative estimate of drug-likeness (QED) is 0.533. The van der Waals surface area contributed by atoms with Gasteiger partial charge in [0.1, 0.15) is 11.6 Å². The maximum absolute atomic E-state index is 13.9. The SMILES string of the molecule is Cc1c(C(C)C(=O)NCCC(=O)O)c2cc(O)ccc2n1C(=O)c1ccc(Cl)c(F)c1. The smallest absolute Gasteiger partial charge is 0.305 e. The molecule has 0 fully saturated rings. The molecule has 0 bridgehead atoms. The topological polar surface area (TPSA) is 109 Å². The number of hydrogen-bond donors (Lipinski definition) is 3. The Labute approximate surface area is 182 Å². The summed E-state index contributed by atoms with van der Waals surface area (Å²) >= 11 is 5.71. The number of carboxylic acid groups (broad SMARTS) is 1.